The number of thiazole rings is 1. The summed E-state index contributed by atoms with van der Waals surface area (Å²) in [5.74, 6) is 0.230. The van der Waals surface area contributed by atoms with Crippen LogP contribution in [0, 0.1) is 6.92 Å². The van der Waals surface area contributed by atoms with Gasteiger partial charge < -0.3 is 4.90 Å². The first-order valence-corrected chi connectivity index (χ1v) is 7.91. The van der Waals surface area contributed by atoms with Crippen LogP contribution >= 0.6 is 11.3 Å². The van der Waals surface area contributed by atoms with E-state index in [0.717, 1.165) is 30.3 Å². The Labute approximate surface area is 131 Å². The molecule has 0 saturated carbocycles. The van der Waals surface area contributed by atoms with Gasteiger partial charge in [-0.15, -0.1) is 16.4 Å². The van der Waals surface area contributed by atoms with Crippen molar-refractivity contribution in [3.05, 3.63) is 16.1 Å². The van der Waals surface area contributed by atoms with Crippen molar-refractivity contribution in [2.75, 3.05) is 31.5 Å². The van der Waals surface area contributed by atoms with E-state index in [1.54, 1.807) is 23.3 Å². The lowest BCUT2D eigenvalue weighted by Crippen LogP contribution is -2.49. The first-order valence-electron chi connectivity index (χ1n) is 7.03. The molecule has 1 saturated heterocycles. The van der Waals surface area contributed by atoms with Crippen molar-refractivity contribution in [1.82, 2.24) is 35.0 Å². The predicted molar refractivity (Wildman–Crippen MR) is 81.5 cm³/mol. The molecule has 0 aromatic carbocycles. The van der Waals surface area contributed by atoms with Crippen molar-refractivity contribution in [1.29, 1.82) is 0 Å². The summed E-state index contributed by atoms with van der Waals surface area (Å²) in [6, 6.07) is -0.183. The monoisotopic (exact) mass is 322 g/mol. The maximum atomic E-state index is 12.1. The summed E-state index contributed by atoms with van der Waals surface area (Å²) in [5.41, 5.74) is 1.10. The summed E-state index contributed by atoms with van der Waals surface area (Å²) in [6.45, 7) is 5.86. The summed E-state index contributed by atoms with van der Waals surface area (Å²) in [5, 5.41) is 17.2. The molecule has 1 aliphatic rings. The number of tetrazole rings is 1. The van der Waals surface area contributed by atoms with Gasteiger partial charge in [-0.25, -0.2) is 9.78 Å². The van der Waals surface area contributed by atoms with Gasteiger partial charge in [-0.1, -0.05) is 5.10 Å². The lowest BCUT2D eigenvalue weighted by molar-refractivity contribution is 0.142. The van der Waals surface area contributed by atoms with Gasteiger partial charge in [-0.3, -0.25) is 10.2 Å². The summed E-state index contributed by atoms with van der Waals surface area (Å²) < 4.78 is 0. The zero-order chi connectivity index (χ0) is 15.5. The van der Waals surface area contributed by atoms with Crippen molar-refractivity contribution in [3.63, 3.8) is 0 Å². The number of anilines is 1. The van der Waals surface area contributed by atoms with Crippen LogP contribution < -0.4 is 5.32 Å². The predicted octanol–water partition coefficient (Wildman–Crippen LogP) is 0.325. The molecule has 9 nitrogen and oxygen atoms in total. The number of nitrogens with one attached hydrogen (secondary N) is 1. The molecule has 2 aromatic rings. The number of nitrogens with zero attached hydrogens (tertiary/aromatic N) is 7. The van der Waals surface area contributed by atoms with E-state index in [9.17, 15) is 4.79 Å². The van der Waals surface area contributed by atoms with E-state index in [0.29, 0.717) is 13.1 Å². The second-order valence-electron chi connectivity index (χ2n) is 5.15. The molecule has 10 heteroatoms. The zero-order valence-electron chi connectivity index (χ0n) is 12.6. The number of aryl methyl sites for hydroxylation is 2. The van der Waals surface area contributed by atoms with E-state index in [1.807, 2.05) is 6.92 Å². The molecule has 0 spiro atoms. The quantitative estimate of drug-likeness (QED) is 0.875. The fraction of sp³-hybridized carbons (Fsp3) is 0.583. The molecule has 3 heterocycles. The molecule has 0 aliphatic carbocycles. The second-order valence-corrected chi connectivity index (χ2v) is 6.22. The van der Waals surface area contributed by atoms with E-state index in [4.69, 9.17) is 0 Å². The van der Waals surface area contributed by atoms with Gasteiger partial charge >= 0.3 is 6.03 Å². The SMILES string of the molecule is Cc1nc(CN2CCN(C(=O)Nc3nnn(C)n3)CC2)cs1. The van der Waals surface area contributed by atoms with Gasteiger partial charge in [0.1, 0.15) is 0 Å². The van der Waals surface area contributed by atoms with Crippen LogP contribution in [0.5, 0.6) is 0 Å². The standard InChI is InChI=1S/C12H18N8OS/c1-9-13-10(8-22-9)7-19-3-5-20(6-4-19)12(21)14-11-15-17-18(2)16-11/h8H,3-7H2,1-2H3,(H,14,16,21). The van der Waals surface area contributed by atoms with Gasteiger partial charge in [0.05, 0.1) is 17.7 Å². The first kappa shape index (κ1) is 14.9. The van der Waals surface area contributed by atoms with Gasteiger partial charge in [0, 0.05) is 38.1 Å². The van der Waals surface area contributed by atoms with Gasteiger partial charge in [0.15, 0.2) is 0 Å². The number of rotatable bonds is 3. The third-order valence-electron chi connectivity index (χ3n) is 3.44. The Balaban J connectivity index is 1.47. The Morgan fingerprint density at radius 1 is 1.36 bits per heavy atom. The molecule has 0 radical (unpaired) electrons. The van der Waals surface area contributed by atoms with E-state index in [2.05, 4.69) is 36.0 Å². The number of aromatic nitrogens is 5. The fourth-order valence-electron chi connectivity index (χ4n) is 2.33. The van der Waals surface area contributed by atoms with Crippen molar-refractivity contribution in [2.24, 2.45) is 7.05 Å². The Morgan fingerprint density at radius 3 is 2.73 bits per heavy atom. The number of urea groups is 1. The van der Waals surface area contributed by atoms with Crippen LogP contribution in [0.1, 0.15) is 10.7 Å². The zero-order valence-corrected chi connectivity index (χ0v) is 13.4. The van der Waals surface area contributed by atoms with Crippen LogP contribution in [0.4, 0.5) is 10.7 Å². The molecule has 22 heavy (non-hydrogen) atoms. The Hall–Kier alpha value is -2.07. The second kappa shape index (κ2) is 6.36. The molecule has 3 rings (SSSR count). The Bertz CT molecular complexity index is 645. The highest BCUT2D eigenvalue weighted by Crippen LogP contribution is 2.12. The fourth-order valence-corrected chi connectivity index (χ4v) is 2.93. The molecule has 118 valence electrons. The summed E-state index contributed by atoms with van der Waals surface area (Å²) in [7, 11) is 1.65. The number of carbonyl (C=O) groups is 1. The number of hydrogen-bond donors (Lipinski definition) is 1. The van der Waals surface area contributed by atoms with E-state index < -0.39 is 0 Å². The van der Waals surface area contributed by atoms with Crippen LogP contribution in [0.3, 0.4) is 0 Å². The average Bonchev–Trinajstić information content (AvgIpc) is 3.08. The highest BCUT2D eigenvalue weighted by Gasteiger charge is 2.22. The number of hydrogen-bond acceptors (Lipinski definition) is 7. The van der Waals surface area contributed by atoms with Gasteiger partial charge in [-0.05, 0) is 12.1 Å². The number of amides is 2. The minimum absolute atomic E-state index is 0.183. The largest absolute Gasteiger partial charge is 0.324 e. The van der Waals surface area contributed by atoms with Gasteiger partial charge in [0.25, 0.3) is 5.95 Å². The van der Waals surface area contributed by atoms with Crippen molar-refractivity contribution in [2.45, 2.75) is 13.5 Å². The average molecular weight is 322 g/mol. The summed E-state index contributed by atoms with van der Waals surface area (Å²) in [6.07, 6.45) is 0. The topological polar surface area (TPSA) is 92.1 Å². The highest BCUT2D eigenvalue weighted by molar-refractivity contribution is 7.09. The molecule has 1 aliphatic heterocycles. The number of carbonyl (C=O) groups excluding carboxylic acids is 1. The molecule has 1 N–H and O–H groups in total. The Kier molecular flexibility index (Phi) is 4.29. The van der Waals surface area contributed by atoms with E-state index in [1.165, 1.54) is 4.80 Å². The van der Waals surface area contributed by atoms with E-state index >= 15 is 0 Å². The molecule has 1 fully saturated rings. The number of piperazine rings is 1. The van der Waals surface area contributed by atoms with Gasteiger partial charge in [-0.2, -0.15) is 4.80 Å². The summed E-state index contributed by atoms with van der Waals surface area (Å²) >= 11 is 1.67. The third kappa shape index (κ3) is 3.57. The lowest BCUT2D eigenvalue weighted by Gasteiger charge is -2.33. The maximum Gasteiger partial charge on any atom is 0.324 e. The smallest absolute Gasteiger partial charge is 0.322 e. The lowest BCUT2D eigenvalue weighted by atomic mass is 10.3. The molecule has 2 amide bonds. The molecule has 0 atom stereocenters. The van der Waals surface area contributed by atoms with Gasteiger partial charge in [0.2, 0.25) is 0 Å². The minimum atomic E-state index is -0.183. The van der Waals surface area contributed by atoms with Crippen molar-refractivity contribution >= 4 is 23.3 Å². The molecular formula is C12H18N8OS. The highest BCUT2D eigenvalue weighted by atomic mass is 32.1. The minimum Gasteiger partial charge on any atom is -0.322 e. The first-order chi connectivity index (χ1) is 10.6. The molecule has 0 bridgehead atoms. The maximum absolute atomic E-state index is 12.1. The molecular weight excluding hydrogens is 304 g/mol. The van der Waals surface area contributed by atoms with Crippen LogP contribution in [0.2, 0.25) is 0 Å². The normalized spacial score (nSPS) is 16.0. The van der Waals surface area contributed by atoms with Crippen LogP contribution in [-0.2, 0) is 13.6 Å². The van der Waals surface area contributed by atoms with Crippen LogP contribution in [-0.4, -0.2) is 67.2 Å². The van der Waals surface area contributed by atoms with Crippen molar-refractivity contribution in [3.8, 4) is 0 Å². The molecule has 2 aromatic heterocycles. The third-order valence-corrected chi connectivity index (χ3v) is 4.26. The summed E-state index contributed by atoms with van der Waals surface area (Å²) in [4.78, 5) is 22.0. The van der Waals surface area contributed by atoms with E-state index in [-0.39, 0.29) is 12.0 Å². The molecule has 0 unspecified atom stereocenters. The van der Waals surface area contributed by atoms with Crippen LogP contribution in [0.15, 0.2) is 5.38 Å². The van der Waals surface area contributed by atoms with Crippen molar-refractivity contribution < 1.29 is 4.79 Å². The Morgan fingerprint density at radius 2 is 2.14 bits per heavy atom. The van der Waals surface area contributed by atoms with Crippen LogP contribution in [0.25, 0.3) is 0 Å².